The van der Waals surface area contributed by atoms with Gasteiger partial charge in [0, 0.05) is 18.4 Å². The minimum absolute atomic E-state index is 0.0125. The Balaban J connectivity index is 1.80. The van der Waals surface area contributed by atoms with Gasteiger partial charge in [-0.25, -0.2) is 0 Å². The molecule has 0 saturated heterocycles. The molecule has 0 saturated carbocycles. The zero-order chi connectivity index (χ0) is 22.5. The molecule has 4 rings (SSSR count). The number of aliphatic imine (C=N–C) groups is 1. The minimum atomic E-state index is -0.548. The quantitative estimate of drug-likeness (QED) is 0.477. The number of ether oxygens (including phenoxy) is 3. The van der Waals surface area contributed by atoms with Crippen LogP contribution in [0.2, 0.25) is 0 Å². The van der Waals surface area contributed by atoms with Crippen molar-refractivity contribution < 1.29 is 19.0 Å². The molecule has 0 spiro atoms. The molecule has 2 aliphatic rings. The van der Waals surface area contributed by atoms with E-state index in [1.54, 1.807) is 7.11 Å². The van der Waals surface area contributed by atoms with Crippen LogP contribution in [0.1, 0.15) is 42.7 Å². The first-order valence-electron chi connectivity index (χ1n) is 10.6. The molecule has 0 fully saturated rings. The number of benzene rings is 2. The molecule has 2 aromatic carbocycles. The van der Waals surface area contributed by atoms with Crippen LogP contribution < -0.4 is 4.74 Å². The van der Waals surface area contributed by atoms with E-state index < -0.39 is 5.92 Å². The summed E-state index contributed by atoms with van der Waals surface area (Å²) in [6.45, 7) is 2.29. The maximum atomic E-state index is 13.4. The lowest BCUT2D eigenvalue weighted by Crippen LogP contribution is -2.28. The fourth-order valence-electron chi connectivity index (χ4n) is 4.21. The summed E-state index contributed by atoms with van der Waals surface area (Å²) in [5.74, 6) is 0.890. The predicted octanol–water partition coefficient (Wildman–Crippen LogP) is 5.01. The second-order valence-electron chi connectivity index (χ2n) is 7.60. The van der Waals surface area contributed by atoms with Crippen LogP contribution in [0.4, 0.5) is 0 Å². The summed E-state index contributed by atoms with van der Waals surface area (Å²) in [6.07, 6.45) is 2.21. The Hall–Kier alpha value is -3.85. The van der Waals surface area contributed by atoms with Gasteiger partial charge in [-0.05, 0) is 36.1 Å². The molecule has 2 atom stereocenters. The Morgan fingerprint density at radius 2 is 1.88 bits per heavy atom. The number of carbonyl (C=O) groups excluding carboxylic acids is 1. The fourth-order valence-corrected chi connectivity index (χ4v) is 4.21. The molecule has 0 aromatic heterocycles. The number of Topliss-reactive ketones (excluding diaryl/α,β-unsaturated/α-hetero) is 1. The molecule has 1 aliphatic heterocycles. The third-order valence-electron chi connectivity index (χ3n) is 5.74. The van der Waals surface area contributed by atoms with Crippen molar-refractivity contribution in [2.45, 2.75) is 31.6 Å². The lowest BCUT2D eigenvalue weighted by molar-refractivity contribution is -0.117. The Morgan fingerprint density at radius 1 is 1.12 bits per heavy atom. The van der Waals surface area contributed by atoms with Gasteiger partial charge in [-0.1, -0.05) is 42.5 Å². The second-order valence-corrected chi connectivity index (χ2v) is 7.60. The number of hydrogen-bond acceptors (Lipinski definition) is 6. The molecular weight excluding hydrogens is 404 g/mol. The molecule has 0 radical (unpaired) electrons. The molecule has 162 valence electrons. The summed E-state index contributed by atoms with van der Waals surface area (Å²) in [4.78, 5) is 17.7. The lowest BCUT2D eigenvalue weighted by atomic mass is 9.73. The van der Waals surface area contributed by atoms with E-state index in [-0.39, 0.29) is 23.2 Å². The van der Waals surface area contributed by atoms with Crippen molar-refractivity contribution in [3.8, 4) is 11.8 Å². The van der Waals surface area contributed by atoms with Crippen LogP contribution in [-0.4, -0.2) is 25.9 Å². The fraction of sp³-hybridized carbons (Fsp3) is 0.269. The maximum absolute atomic E-state index is 13.4. The van der Waals surface area contributed by atoms with E-state index in [1.807, 2.05) is 61.5 Å². The predicted molar refractivity (Wildman–Crippen MR) is 120 cm³/mol. The molecule has 1 heterocycles. The highest BCUT2D eigenvalue weighted by Crippen LogP contribution is 2.47. The summed E-state index contributed by atoms with van der Waals surface area (Å²) in [5.41, 5.74) is 2.73. The number of allylic oxidation sites excluding steroid dienone is 3. The topological polar surface area (TPSA) is 80.9 Å². The first-order chi connectivity index (χ1) is 15.7. The summed E-state index contributed by atoms with van der Waals surface area (Å²) in [6, 6.07) is 19.6. The minimum Gasteiger partial charge on any atom is -0.497 e. The van der Waals surface area contributed by atoms with Crippen molar-refractivity contribution in [3.63, 3.8) is 0 Å². The van der Waals surface area contributed by atoms with Crippen molar-refractivity contribution in [1.82, 2.24) is 0 Å². The second kappa shape index (κ2) is 9.52. The Labute approximate surface area is 187 Å². The van der Waals surface area contributed by atoms with Crippen LogP contribution >= 0.6 is 0 Å². The summed E-state index contributed by atoms with van der Waals surface area (Å²) in [7, 11) is 1.60. The average molecular weight is 428 g/mol. The van der Waals surface area contributed by atoms with Crippen molar-refractivity contribution in [2.75, 3.05) is 13.7 Å². The molecule has 1 aliphatic carbocycles. The third kappa shape index (κ3) is 4.15. The highest BCUT2D eigenvalue weighted by molar-refractivity contribution is 6.00. The van der Waals surface area contributed by atoms with Gasteiger partial charge in [-0.3, -0.25) is 4.79 Å². The van der Waals surface area contributed by atoms with Crippen LogP contribution in [0.15, 0.2) is 82.4 Å². The van der Waals surface area contributed by atoms with Gasteiger partial charge in [-0.2, -0.15) is 10.3 Å². The molecular formula is C26H24N2O4. The van der Waals surface area contributed by atoms with E-state index in [2.05, 4.69) is 11.1 Å². The maximum Gasteiger partial charge on any atom is 0.236 e. The van der Waals surface area contributed by atoms with Gasteiger partial charge < -0.3 is 14.2 Å². The van der Waals surface area contributed by atoms with E-state index in [1.165, 1.54) is 6.40 Å². The van der Waals surface area contributed by atoms with Gasteiger partial charge in [0.15, 0.2) is 12.2 Å². The molecule has 0 bridgehead atoms. The molecule has 2 aromatic rings. The smallest absolute Gasteiger partial charge is 0.236 e. The monoisotopic (exact) mass is 428 g/mol. The lowest BCUT2D eigenvalue weighted by Gasteiger charge is -2.34. The van der Waals surface area contributed by atoms with Crippen LogP contribution in [0, 0.1) is 11.3 Å². The van der Waals surface area contributed by atoms with E-state index in [0.29, 0.717) is 36.5 Å². The molecule has 32 heavy (non-hydrogen) atoms. The van der Waals surface area contributed by atoms with Gasteiger partial charge in [0.25, 0.3) is 0 Å². The van der Waals surface area contributed by atoms with E-state index in [9.17, 15) is 10.1 Å². The summed E-state index contributed by atoms with van der Waals surface area (Å²) >= 11 is 0. The van der Waals surface area contributed by atoms with E-state index in [0.717, 1.165) is 11.1 Å². The highest BCUT2D eigenvalue weighted by Gasteiger charge is 2.41. The van der Waals surface area contributed by atoms with Crippen LogP contribution in [0.5, 0.6) is 5.75 Å². The third-order valence-corrected chi connectivity index (χ3v) is 5.74. The standard InChI is InChI=1S/C26H24N2O4/c1-3-31-16-28-26-21(15-27)24(18-9-11-20(30-2)12-10-18)25-22(29)13-19(14-23(25)32-26)17-7-5-4-6-8-17/h4-12,16,19,24H,3,13-14H2,1-2H3/t19-,24-/m1/s1. The van der Waals surface area contributed by atoms with Gasteiger partial charge in [-0.15, -0.1) is 0 Å². The van der Waals surface area contributed by atoms with Gasteiger partial charge in [0.2, 0.25) is 5.88 Å². The van der Waals surface area contributed by atoms with Gasteiger partial charge in [0.05, 0.1) is 19.6 Å². The number of rotatable bonds is 6. The van der Waals surface area contributed by atoms with Crippen molar-refractivity contribution in [1.29, 1.82) is 5.26 Å². The number of nitrogens with zero attached hydrogens (tertiary/aromatic N) is 2. The van der Waals surface area contributed by atoms with E-state index in [4.69, 9.17) is 14.2 Å². The molecule has 0 unspecified atom stereocenters. The molecule has 6 heteroatoms. The van der Waals surface area contributed by atoms with Crippen LogP contribution in [0.3, 0.4) is 0 Å². The van der Waals surface area contributed by atoms with Crippen LogP contribution in [0.25, 0.3) is 0 Å². The largest absolute Gasteiger partial charge is 0.497 e. The number of hydrogen-bond donors (Lipinski definition) is 0. The zero-order valence-corrected chi connectivity index (χ0v) is 18.1. The number of carbonyl (C=O) groups is 1. The normalized spacial score (nSPS) is 20.6. The van der Waals surface area contributed by atoms with Crippen molar-refractivity contribution in [3.05, 3.63) is 88.5 Å². The van der Waals surface area contributed by atoms with Gasteiger partial charge in [0.1, 0.15) is 23.2 Å². The van der Waals surface area contributed by atoms with E-state index >= 15 is 0 Å². The highest BCUT2D eigenvalue weighted by atomic mass is 16.5. The van der Waals surface area contributed by atoms with Gasteiger partial charge >= 0.3 is 0 Å². The number of nitriles is 1. The Kier molecular flexibility index (Phi) is 6.37. The Morgan fingerprint density at radius 3 is 2.53 bits per heavy atom. The van der Waals surface area contributed by atoms with Crippen LogP contribution in [-0.2, 0) is 14.3 Å². The van der Waals surface area contributed by atoms with Crippen molar-refractivity contribution >= 4 is 12.2 Å². The zero-order valence-electron chi connectivity index (χ0n) is 18.1. The molecule has 6 nitrogen and oxygen atoms in total. The molecule has 0 N–H and O–H groups in total. The first-order valence-corrected chi connectivity index (χ1v) is 10.6. The van der Waals surface area contributed by atoms with Crippen molar-refractivity contribution in [2.24, 2.45) is 4.99 Å². The Bertz CT molecular complexity index is 1120. The summed E-state index contributed by atoms with van der Waals surface area (Å²) in [5, 5.41) is 10.00. The number of ketones is 1. The average Bonchev–Trinajstić information content (AvgIpc) is 2.84. The number of methoxy groups -OCH3 is 1. The first kappa shape index (κ1) is 21.4. The molecule has 0 amide bonds. The SMILES string of the molecule is CCOC=NC1=C(C#N)[C@@H](c2ccc(OC)cc2)C2=C(C[C@H](c3ccccc3)CC2=O)O1. The summed E-state index contributed by atoms with van der Waals surface area (Å²) < 4.78 is 16.6.